The van der Waals surface area contributed by atoms with E-state index in [0.717, 1.165) is 22.9 Å². The second-order valence-corrected chi connectivity index (χ2v) is 7.21. The van der Waals surface area contributed by atoms with E-state index < -0.39 is 0 Å². The van der Waals surface area contributed by atoms with Crippen LogP contribution in [0.25, 0.3) is 15.9 Å². The van der Waals surface area contributed by atoms with E-state index >= 15 is 0 Å². The van der Waals surface area contributed by atoms with Crippen LogP contribution in [0.5, 0.6) is 0 Å². The molecule has 0 bridgehead atoms. The standard InChI is InChI=1S/C17H19N3OS/c21-16-13-8-4-5-9-14(13)18-17-20(16)19-15(22-17)11-10-12-6-2-1-3-7-12/h4-5,8-9,12H,1-3,6-7,10-11H2. The molecule has 1 aliphatic rings. The summed E-state index contributed by atoms with van der Waals surface area (Å²) in [6.07, 6.45) is 9.00. The first kappa shape index (κ1) is 13.9. The van der Waals surface area contributed by atoms with Crippen LogP contribution in [0.1, 0.15) is 43.5 Å². The number of aryl methyl sites for hydroxylation is 1. The molecule has 0 radical (unpaired) electrons. The molecule has 0 amide bonds. The molecule has 5 heteroatoms. The van der Waals surface area contributed by atoms with E-state index in [2.05, 4.69) is 10.1 Å². The summed E-state index contributed by atoms with van der Waals surface area (Å²) >= 11 is 1.56. The molecule has 0 unspecified atom stereocenters. The van der Waals surface area contributed by atoms with Gasteiger partial charge in [0.2, 0.25) is 4.96 Å². The first-order chi connectivity index (χ1) is 10.8. The number of aromatic nitrogens is 3. The molecule has 0 N–H and O–H groups in total. The van der Waals surface area contributed by atoms with Crippen LogP contribution >= 0.6 is 11.3 Å². The lowest BCUT2D eigenvalue weighted by Crippen LogP contribution is -2.15. The SMILES string of the molecule is O=c1c2ccccc2nc2sc(CCC3CCCCC3)nn12. The van der Waals surface area contributed by atoms with Gasteiger partial charge >= 0.3 is 0 Å². The number of benzene rings is 1. The average Bonchev–Trinajstić information content (AvgIpc) is 2.97. The van der Waals surface area contributed by atoms with Gasteiger partial charge < -0.3 is 0 Å². The van der Waals surface area contributed by atoms with Gasteiger partial charge in [-0.05, 0) is 24.5 Å². The number of hydrogen-bond acceptors (Lipinski definition) is 4. The van der Waals surface area contributed by atoms with Crippen LogP contribution in [0.3, 0.4) is 0 Å². The highest BCUT2D eigenvalue weighted by Gasteiger charge is 2.15. The summed E-state index contributed by atoms with van der Waals surface area (Å²) in [6.45, 7) is 0. The molecule has 4 rings (SSSR count). The Balaban J connectivity index is 1.64. The van der Waals surface area contributed by atoms with Crippen LogP contribution in [0.4, 0.5) is 0 Å². The second-order valence-electron chi connectivity index (χ2n) is 6.17. The van der Waals surface area contributed by atoms with Crippen LogP contribution in [0.2, 0.25) is 0 Å². The molecule has 2 aromatic heterocycles. The summed E-state index contributed by atoms with van der Waals surface area (Å²) in [5.41, 5.74) is 0.704. The Morgan fingerprint density at radius 1 is 1.18 bits per heavy atom. The Morgan fingerprint density at radius 2 is 2.00 bits per heavy atom. The van der Waals surface area contributed by atoms with Crippen molar-refractivity contribution < 1.29 is 0 Å². The highest BCUT2D eigenvalue weighted by atomic mass is 32.1. The molecule has 0 saturated heterocycles. The normalized spacial score (nSPS) is 16.5. The Bertz CT molecular complexity index is 861. The van der Waals surface area contributed by atoms with Gasteiger partial charge in [0, 0.05) is 6.42 Å². The quantitative estimate of drug-likeness (QED) is 0.738. The van der Waals surface area contributed by atoms with Gasteiger partial charge in [-0.2, -0.15) is 9.61 Å². The van der Waals surface area contributed by atoms with E-state index in [1.54, 1.807) is 11.3 Å². The van der Waals surface area contributed by atoms with E-state index in [-0.39, 0.29) is 5.56 Å². The molecule has 3 aromatic rings. The molecule has 0 atom stereocenters. The van der Waals surface area contributed by atoms with Gasteiger partial charge in [0.1, 0.15) is 5.01 Å². The van der Waals surface area contributed by atoms with Crippen LogP contribution < -0.4 is 5.56 Å². The van der Waals surface area contributed by atoms with Crippen molar-refractivity contribution in [2.75, 3.05) is 0 Å². The summed E-state index contributed by atoms with van der Waals surface area (Å²) in [5.74, 6) is 0.838. The smallest absolute Gasteiger partial charge is 0.267 e. The predicted molar refractivity (Wildman–Crippen MR) is 89.5 cm³/mol. The van der Waals surface area contributed by atoms with Gasteiger partial charge in [0.05, 0.1) is 10.9 Å². The van der Waals surface area contributed by atoms with E-state index in [4.69, 9.17) is 0 Å². The zero-order chi connectivity index (χ0) is 14.9. The molecule has 4 nitrogen and oxygen atoms in total. The monoisotopic (exact) mass is 313 g/mol. The lowest BCUT2D eigenvalue weighted by molar-refractivity contribution is 0.339. The molecule has 1 saturated carbocycles. The number of para-hydroxylation sites is 1. The van der Waals surface area contributed by atoms with Gasteiger partial charge in [0.25, 0.3) is 5.56 Å². The molecule has 22 heavy (non-hydrogen) atoms. The van der Waals surface area contributed by atoms with Crippen molar-refractivity contribution in [3.63, 3.8) is 0 Å². The highest BCUT2D eigenvalue weighted by molar-refractivity contribution is 7.16. The molecule has 114 valence electrons. The van der Waals surface area contributed by atoms with Crippen molar-refractivity contribution in [2.45, 2.75) is 44.9 Å². The predicted octanol–water partition coefficient (Wildman–Crippen LogP) is 3.82. The summed E-state index contributed by atoms with van der Waals surface area (Å²) in [6, 6.07) is 7.49. The van der Waals surface area contributed by atoms with Gasteiger partial charge in [-0.1, -0.05) is 55.6 Å². The molecule has 1 aliphatic carbocycles. The third-order valence-corrected chi connectivity index (χ3v) is 5.60. The van der Waals surface area contributed by atoms with Gasteiger partial charge in [-0.25, -0.2) is 4.98 Å². The summed E-state index contributed by atoms with van der Waals surface area (Å²) in [5, 5.41) is 6.18. The molecule has 1 aromatic carbocycles. The third-order valence-electron chi connectivity index (χ3n) is 4.64. The van der Waals surface area contributed by atoms with Gasteiger partial charge in [-0.15, -0.1) is 0 Å². The topological polar surface area (TPSA) is 47.3 Å². The van der Waals surface area contributed by atoms with E-state index in [1.807, 2.05) is 24.3 Å². The minimum atomic E-state index is -0.0548. The number of hydrogen-bond donors (Lipinski definition) is 0. The van der Waals surface area contributed by atoms with Crippen molar-refractivity contribution in [1.82, 2.24) is 14.6 Å². The van der Waals surface area contributed by atoms with Crippen molar-refractivity contribution in [1.29, 1.82) is 0 Å². The first-order valence-electron chi connectivity index (χ1n) is 8.09. The zero-order valence-electron chi connectivity index (χ0n) is 12.5. The molecular formula is C17H19N3OS. The Morgan fingerprint density at radius 3 is 2.86 bits per heavy atom. The van der Waals surface area contributed by atoms with E-state index in [0.29, 0.717) is 10.3 Å². The number of nitrogens with zero attached hydrogens (tertiary/aromatic N) is 3. The molecular weight excluding hydrogens is 294 g/mol. The average molecular weight is 313 g/mol. The van der Waals surface area contributed by atoms with Crippen LogP contribution in [0, 0.1) is 5.92 Å². The van der Waals surface area contributed by atoms with E-state index in [1.165, 1.54) is 43.0 Å². The van der Waals surface area contributed by atoms with Crippen molar-refractivity contribution in [3.05, 3.63) is 39.6 Å². The minimum Gasteiger partial charge on any atom is -0.267 e. The largest absolute Gasteiger partial charge is 0.283 e. The highest BCUT2D eigenvalue weighted by Crippen LogP contribution is 2.28. The second kappa shape index (κ2) is 5.80. The van der Waals surface area contributed by atoms with Crippen LogP contribution in [0.15, 0.2) is 29.1 Å². The summed E-state index contributed by atoms with van der Waals surface area (Å²) < 4.78 is 1.48. The Kier molecular flexibility index (Phi) is 3.66. The maximum absolute atomic E-state index is 12.5. The molecule has 0 aliphatic heterocycles. The number of rotatable bonds is 3. The molecule has 1 fully saturated rings. The molecule has 0 spiro atoms. The first-order valence-corrected chi connectivity index (χ1v) is 8.90. The Labute approximate surface area is 132 Å². The van der Waals surface area contributed by atoms with Gasteiger partial charge in [-0.3, -0.25) is 4.79 Å². The lowest BCUT2D eigenvalue weighted by atomic mass is 9.86. The summed E-state index contributed by atoms with van der Waals surface area (Å²) in [4.78, 5) is 17.8. The fraction of sp³-hybridized carbons (Fsp3) is 0.471. The minimum absolute atomic E-state index is 0.0548. The van der Waals surface area contributed by atoms with Gasteiger partial charge in [0.15, 0.2) is 0 Å². The van der Waals surface area contributed by atoms with Crippen LogP contribution in [-0.4, -0.2) is 14.6 Å². The maximum atomic E-state index is 12.5. The third kappa shape index (κ3) is 2.54. The van der Waals surface area contributed by atoms with Crippen molar-refractivity contribution in [2.24, 2.45) is 5.92 Å². The Hall–Kier alpha value is -1.75. The maximum Gasteiger partial charge on any atom is 0.283 e. The zero-order valence-corrected chi connectivity index (χ0v) is 13.3. The fourth-order valence-corrected chi connectivity index (χ4v) is 4.31. The van der Waals surface area contributed by atoms with E-state index in [9.17, 15) is 4.79 Å². The summed E-state index contributed by atoms with van der Waals surface area (Å²) in [7, 11) is 0. The van der Waals surface area contributed by atoms with Crippen LogP contribution in [-0.2, 0) is 6.42 Å². The van der Waals surface area contributed by atoms with Crippen molar-refractivity contribution >= 4 is 27.2 Å². The lowest BCUT2D eigenvalue weighted by Gasteiger charge is -2.20. The molecule has 2 heterocycles. The van der Waals surface area contributed by atoms with Crippen molar-refractivity contribution in [3.8, 4) is 0 Å². The number of fused-ring (bicyclic) bond motifs is 2. The fourth-order valence-electron chi connectivity index (χ4n) is 3.40.